The number of benzene rings is 2. The Balaban J connectivity index is 2.25. The second-order valence-electron chi connectivity index (χ2n) is 4.46. The second-order valence-corrected chi connectivity index (χ2v) is 5.32. The Morgan fingerprint density at radius 2 is 1.81 bits per heavy atom. The number of halogens is 3. The predicted octanol–water partition coefficient (Wildman–Crippen LogP) is 4.37. The van der Waals surface area contributed by atoms with Gasteiger partial charge in [0, 0.05) is 21.7 Å². The molecule has 0 unspecified atom stereocenters. The van der Waals surface area contributed by atoms with Crippen LogP contribution in [0.4, 0.5) is 14.6 Å². The fraction of sp³-hybridized carbons (Fsp3) is 0. The maximum absolute atomic E-state index is 14.0. The summed E-state index contributed by atoms with van der Waals surface area (Å²) in [5, 5.41) is 6.75. The van der Waals surface area contributed by atoms with E-state index in [0.29, 0.717) is 11.3 Å². The molecular formula is C15H10BrF2N3. The van der Waals surface area contributed by atoms with Crippen LogP contribution in [0.5, 0.6) is 0 Å². The standard InChI is InChI=1S/C15H10BrF2N3/c16-11-4-2-1-3-9(11)14-13(15(19)21-20-14)10-6-5-8(17)7-12(10)18/h1-7H,(H3,19,20,21). The Kier molecular flexibility index (Phi) is 3.47. The van der Waals surface area contributed by atoms with Gasteiger partial charge in [0.05, 0.1) is 11.3 Å². The number of rotatable bonds is 2. The van der Waals surface area contributed by atoms with Crippen LogP contribution in [0, 0.1) is 11.6 Å². The van der Waals surface area contributed by atoms with Crippen LogP contribution >= 0.6 is 15.9 Å². The lowest BCUT2D eigenvalue weighted by Gasteiger charge is -2.07. The molecule has 1 heterocycles. The molecule has 0 aliphatic rings. The van der Waals surface area contributed by atoms with E-state index in [1.165, 1.54) is 12.1 Å². The van der Waals surface area contributed by atoms with Crippen LogP contribution in [0.1, 0.15) is 0 Å². The van der Waals surface area contributed by atoms with Gasteiger partial charge in [-0.2, -0.15) is 5.10 Å². The fourth-order valence-corrected chi connectivity index (χ4v) is 2.66. The fourth-order valence-electron chi connectivity index (χ4n) is 2.18. The number of nitrogen functional groups attached to an aromatic ring is 1. The van der Waals surface area contributed by atoms with Gasteiger partial charge in [-0.1, -0.05) is 34.1 Å². The Labute approximate surface area is 127 Å². The summed E-state index contributed by atoms with van der Waals surface area (Å²) >= 11 is 3.44. The molecule has 2 aromatic carbocycles. The SMILES string of the molecule is Nc1n[nH]c(-c2ccccc2Br)c1-c1ccc(F)cc1F. The number of H-pyrrole nitrogens is 1. The van der Waals surface area contributed by atoms with Gasteiger partial charge >= 0.3 is 0 Å². The Hall–Kier alpha value is -2.21. The smallest absolute Gasteiger partial charge is 0.153 e. The molecule has 21 heavy (non-hydrogen) atoms. The van der Waals surface area contributed by atoms with Crippen molar-refractivity contribution in [2.24, 2.45) is 0 Å². The molecule has 0 bridgehead atoms. The van der Waals surface area contributed by atoms with Crippen LogP contribution < -0.4 is 5.73 Å². The lowest BCUT2D eigenvalue weighted by Crippen LogP contribution is -1.92. The molecule has 0 fully saturated rings. The normalized spacial score (nSPS) is 10.8. The molecule has 3 aromatic rings. The topological polar surface area (TPSA) is 54.7 Å². The predicted molar refractivity (Wildman–Crippen MR) is 81.5 cm³/mol. The molecule has 0 aliphatic heterocycles. The molecule has 3 nitrogen and oxygen atoms in total. The minimum Gasteiger partial charge on any atom is -0.382 e. The van der Waals surface area contributed by atoms with Crippen molar-refractivity contribution in [3.8, 4) is 22.4 Å². The first kappa shape index (κ1) is 13.8. The molecule has 0 aliphatic carbocycles. The van der Waals surface area contributed by atoms with Crippen molar-refractivity contribution < 1.29 is 8.78 Å². The third-order valence-electron chi connectivity index (χ3n) is 3.14. The van der Waals surface area contributed by atoms with Crippen LogP contribution in [0.25, 0.3) is 22.4 Å². The van der Waals surface area contributed by atoms with Gasteiger partial charge in [0.1, 0.15) is 11.6 Å². The number of hydrogen-bond acceptors (Lipinski definition) is 2. The molecular weight excluding hydrogens is 340 g/mol. The van der Waals surface area contributed by atoms with E-state index < -0.39 is 11.6 Å². The van der Waals surface area contributed by atoms with Gasteiger partial charge in [-0.3, -0.25) is 5.10 Å². The molecule has 3 rings (SSSR count). The average Bonchev–Trinajstić information content (AvgIpc) is 2.81. The number of nitrogens with one attached hydrogen (secondary N) is 1. The molecule has 0 spiro atoms. The van der Waals surface area contributed by atoms with E-state index >= 15 is 0 Å². The van der Waals surface area contributed by atoms with Crippen LogP contribution in [0.3, 0.4) is 0 Å². The summed E-state index contributed by atoms with van der Waals surface area (Å²) in [6.45, 7) is 0. The van der Waals surface area contributed by atoms with Gasteiger partial charge in [-0.05, 0) is 18.2 Å². The highest BCUT2D eigenvalue weighted by Crippen LogP contribution is 2.38. The van der Waals surface area contributed by atoms with E-state index in [2.05, 4.69) is 26.1 Å². The minimum atomic E-state index is -0.684. The van der Waals surface area contributed by atoms with E-state index in [4.69, 9.17) is 5.73 Å². The number of hydrogen-bond donors (Lipinski definition) is 2. The van der Waals surface area contributed by atoms with E-state index in [0.717, 1.165) is 16.1 Å². The number of aromatic nitrogens is 2. The van der Waals surface area contributed by atoms with Gasteiger partial charge in [-0.25, -0.2) is 8.78 Å². The van der Waals surface area contributed by atoms with Crippen LogP contribution in [0.2, 0.25) is 0 Å². The van der Waals surface area contributed by atoms with Crippen molar-refractivity contribution in [2.45, 2.75) is 0 Å². The van der Waals surface area contributed by atoms with Crippen LogP contribution in [-0.2, 0) is 0 Å². The number of nitrogens with zero attached hydrogens (tertiary/aromatic N) is 1. The first-order valence-electron chi connectivity index (χ1n) is 6.12. The summed E-state index contributed by atoms with van der Waals surface area (Å²) in [6, 6.07) is 10.8. The summed E-state index contributed by atoms with van der Waals surface area (Å²) in [5.41, 5.74) is 7.83. The minimum absolute atomic E-state index is 0.159. The summed E-state index contributed by atoms with van der Waals surface area (Å²) in [7, 11) is 0. The Bertz CT molecular complexity index is 814. The van der Waals surface area contributed by atoms with Crippen molar-refractivity contribution >= 4 is 21.7 Å². The molecule has 6 heteroatoms. The van der Waals surface area contributed by atoms with Crippen molar-refractivity contribution in [1.29, 1.82) is 0 Å². The highest BCUT2D eigenvalue weighted by atomic mass is 79.9. The van der Waals surface area contributed by atoms with Gasteiger partial charge in [0.25, 0.3) is 0 Å². The Morgan fingerprint density at radius 3 is 2.52 bits per heavy atom. The molecule has 0 saturated carbocycles. The maximum Gasteiger partial charge on any atom is 0.153 e. The summed E-state index contributed by atoms with van der Waals surface area (Å²) < 4.78 is 27.9. The molecule has 0 atom stereocenters. The summed E-state index contributed by atoms with van der Waals surface area (Å²) in [5.74, 6) is -1.16. The molecule has 3 N–H and O–H groups in total. The van der Waals surface area contributed by atoms with Gasteiger partial charge in [-0.15, -0.1) is 0 Å². The summed E-state index contributed by atoms with van der Waals surface area (Å²) in [6.07, 6.45) is 0. The molecule has 106 valence electrons. The van der Waals surface area contributed by atoms with Gasteiger partial charge in [0.2, 0.25) is 0 Å². The third-order valence-corrected chi connectivity index (χ3v) is 3.83. The van der Waals surface area contributed by atoms with Crippen molar-refractivity contribution in [3.05, 3.63) is 58.6 Å². The molecule has 0 saturated heterocycles. The zero-order valence-corrected chi connectivity index (χ0v) is 12.3. The van der Waals surface area contributed by atoms with E-state index in [1.54, 1.807) is 0 Å². The van der Waals surface area contributed by atoms with E-state index in [9.17, 15) is 8.78 Å². The monoisotopic (exact) mass is 349 g/mol. The van der Waals surface area contributed by atoms with Crippen molar-refractivity contribution in [3.63, 3.8) is 0 Å². The van der Waals surface area contributed by atoms with Crippen molar-refractivity contribution in [1.82, 2.24) is 10.2 Å². The maximum atomic E-state index is 14.0. The largest absolute Gasteiger partial charge is 0.382 e. The second kappa shape index (κ2) is 5.29. The van der Waals surface area contributed by atoms with Crippen molar-refractivity contribution in [2.75, 3.05) is 5.73 Å². The molecule has 0 amide bonds. The highest BCUT2D eigenvalue weighted by molar-refractivity contribution is 9.10. The number of anilines is 1. The first-order chi connectivity index (χ1) is 10.1. The number of aromatic amines is 1. The Morgan fingerprint density at radius 1 is 1.05 bits per heavy atom. The zero-order valence-electron chi connectivity index (χ0n) is 10.7. The zero-order chi connectivity index (χ0) is 15.0. The van der Waals surface area contributed by atoms with Crippen LogP contribution in [0.15, 0.2) is 46.9 Å². The van der Waals surface area contributed by atoms with E-state index in [-0.39, 0.29) is 11.4 Å². The lowest BCUT2D eigenvalue weighted by molar-refractivity contribution is 0.585. The van der Waals surface area contributed by atoms with Crippen LogP contribution in [-0.4, -0.2) is 10.2 Å². The van der Waals surface area contributed by atoms with E-state index in [1.807, 2.05) is 24.3 Å². The van der Waals surface area contributed by atoms with Gasteiger partial charge < -0.3 is 5.73 Å². The molecule has 1 aromatic heterocycles. The van der Waals surface area contributed by atoms with Gasteiger partial charge in [0.15, 0.2) is 5.82 Å². The first-order valence-corrected chi connectivity index (χ1v) is 6.91. The average molecular weight is 350 g/mol. The lowest BCUT2D eigenvalue weighted by atomic mass is 10.0. The number of nitrogens with two attached hydrogens (primary N) is 1. The highest BCUT2D eigenvalue weighted by Gasteiger charge is 2.19. The summed E-state index contributed by atoms with van der Waals surface area (Å²) in [4.78, 5) is 0. The quantitative estimate of drug-likeness (QED) is 0.721. The third kappa shape index (κ3) is 2.42. The molecule has 0 radical (unpaired) electrons.